The first kappa shape index (κ1) is 18.5. The van der Waals surface area contributed by atoms with Crippen molar-refractivity contribution in [3.8, 4) is 0 Å². The van der Waals surface area contributed by atoms with E-state index in [4.69, 9.17) is 4.98 Å². The van der Waals surface area contributed by atoms with Crippen molar-refractivity contribution in [2.45, 2.75) is 44.7 Å². The van der Waals surface area contributed by atoms with E-state index < -0.39 is 0 Å². The summed E-state index contributed by atoms with van der Waals surface area (Å²) in [6.07, 6.45) is 0. The number of hydrogen-bond donors (Lipinski definition) is 1. The fourth-order valence-electron chi connectivity index (χ4n) is 3.04. The molecule has 3 aromatic rings. The van der Waals surface area contributed by atoms with Gasteiger partial charge in [-0.3, -0.25) is 4.79 Å². The Bertz CT molecular complexity index is 899. The van der Waals surface area contributed by atoms with E-state index in [0.29, 0.717) is 5.75 Å². The number of benzene rings is 2. The maximum atomic E-state index is 12.4. The topological polar surface area (TPSA) is 46.9 Å². The van der Waals surface area contributed by atoms with Gasteiger partial charge < -0.3 is 9.88 Å². The lowest BCUT2D eigenvalue weighted by molar-refractivity contribution is -0.119. The van der Waals surface area contributed by atoms with Gasteiger partial charge in [0.05, 0.1) is 22.8 Å². The summed E-state index contributed by atoms with van der Waals surface area (Å²) in [5.41, 5.74) is 3.29. The van der Waals surface area contributed by atoms with Crippen LogP contribution in [-0.2, 0) is 4.79 Å². The van der Waals surface area contributed by atoms with Crippen molar-refractivity contribution in [1.82, 2.24) is 14.9 Å². The number of thioether (sulfide) groups is 1. The molecule has 1 N–H and O–H groups in total. The second-order valence-corrected chi connectivity index (χ2v) is 7.86. The third kappa shape index (κ3) is 4.10. The molecule has 2 aromatic carbocycles. The minimum Gasteiger partial charge on any atom is -0.346 e. The van der Waals surface area contributed by atoms with Gasteiger partial charge >= 0.3 is 0 Å². The third-order valence-corrected chi connectivity index (χ3v) is 5.31. The third-order valence-electron chi connectivity index (χ3n) is 4.30. The quantitative estimate of drug-likeness (QED) is 0.631. The Labute approximate surface area is 159 Å². The van der Waals surface area contributed by atoms with E-state index in [1.807, 2.05) is 25.1 Å². The fraction of sp³-hybridized carbons (Fsp3) is 0.333. The summed E-state index contributed by atoms with van der Waals surface area (Å²) in [5, 5.41) is 3.09. The number of imidazole rings is 1. The van der Waals surface area contributed by atoms with Crippen LogP contribution < -0.4 is 5.32 Å². The summed E-state index contributed by atoms with van der Waals surface area (Å²) >= 11 is 1.55. The van der Waals surface area contributed by atoms with Crippen LogP contribution in [0.1, 0.15) is 44.2 Å². The number of nitrogens with zero attached hydrogens (tertiary/aromatic N) is 2. The first-order valence-electron chi connectivity index (χ1n) is 8.91. The van der Waals surface area contributed by atoms with Gasteiger partial charge in [0.15, 0.2) is 0 Å². The zero-order valence-electron chi connectivity index (χ0n) is 15.7. The maximum absolute atomic E-state index is 12.4. The number of aryl methyl sites for hydroxylation is 1. The van der Waals surface area contributed by atoms with Crippen LogP contribution in [-0.4, -0.2) is 21.2 Å². The van der Waals surface area contributed by atoms with Gasteiger partial charge in [0.2, 0.25) is 5.91 Å². The molecule has 0 aliphatic heterocycles. The molecule has 0 unspecified atom stereocenters. The molecule has 0 fully saturated rings. The van der Waals surface area contributed by atoms with E-state index in [9.17, 15) is 4.79 Å². The molecule has 0 aliphatic rings. The molecular weight excluding hydrogens is 342 g/mol. The molecule has 0 saturated heterocycles. The zero-order valence-corrected chi connectivity index (χ0v) is 16.5. The normalized spacial score (nSPS) is 12.5. The van der Waals surface area contributed by atoms with Gasteiger partial charge in [-0.05, 0) is 52.0 Å². The van der Waals surface area contributed by atoms with Crippen LogP contribution in [0.3, 0.4) is 0 Å². The molecule has 4 nitrogen and oxygen atoms in total. The van der Waals surface area contributed by atoms with Crippen molar-refractivity contribution in [2.75, 3.05) is 5.75 Å². The molecule has 1 aromatic heterocycles. The molecule has 0 bridgehead atoms. The largest absolute Gasteiger partial charge is 0.346 e. The van der Waals surface area contributed by atoms with E-state index in [0.717, 1.165) is 21.8 Å². The highest BCUT2D eigenvalue weighted by Crippen LogP contribution is 2.25. The Morgan fingerprint density at radius 2 is 1.81 bits per heavy atom. The van der Waals surface area contributed by atoms with Gasteiger partial charge in [-0.25, -0.2) is 4.98 Å². The Morgan fingerprint density at radius 1 is 1.12 bits per heavy atom. The van der Waals surface area contributed by atoms with Gasteiger partial charge in [-0.2, -0.15) is 0 Å². The lowest BCUT2D eigenvalue weighted by Gasteiger charge is -2.18. The van der Waals surface area contributed by atoms with Gasteiger partial charge in [-0.1, -0.05) is 29.8 Å². The minimum atomic E-state index is -0.143. The molecule has 0 aliphatic carbocycles. The van der Waals surface area contributed by atoms with Crippen LogP contribution in [0.2, 0.25) is 0 Å². The maximum Gasteiger partial charge on any atom is 0.230 e. The first-order chi connectivity index (χ1) is 12.5. The molecule has 0 spiro atoms. The number of amides is 1. The zero-order chi connectivity index (χ0) is 18.7. The van der Waals surface area contributed by atoms with E-state index in [1.54, 1.807) is 11.8 Å². The first-order valence-corrected chi connectivity index (χ1v) is 9.90. The number of hydrogen-bond acceptors (Lipinski definition) is 3. The smallest absolute Gasteiger partial charge is 0.230 e. The standard InChI is InChI=1S/C21H25N3OS/c1-14(2)24-19-8-6-5-7-18(19)23-21(24)16(4)22-20(25)13-26-17-11-9-15(3)10-12-17/h5-12,14,16H,13H2,1-4H3,(H,22,25)/t16-/m1/s1. The number of carbonyl (C=O) groups is 1. The van der Waals surface area contributed by atoms with Crippen LogP contribution in [0.25, 0.3) is 11.0 Å². The molecule has 0 radical (unpaired) electrons. The van der Waals surface area contributed by atoms with Crippen molar-refractivity contribution in [2.24, 2.45) is 0 Å². The molecule has 0 saturated carbocycles. The summed E-state index contributed by atoms with van der Waals surface area (Å²) < 4.78 is 2.20. The van der Waals surface area contributed by atoms with Gasteiger partial charge in [0, 0.05) is 10.9 Å². The molecule has 1 atom stereocenters. The summed E-state index contributed by atoms with van der Waals surface area (Å²) in [6, 6.07) is 16.5. The predicted molar refractivity (Wildman–Crippen MR) is 109 cm³/mol. The van der Waals surface area contributed by atoms with Crippen LogP contribution in [0.15, 0.2) is 53.4 Å². The summed E-state index contributed by atoms with van der Waals surface area (Å²) in [6.45, 7) is 8.33. The van der Waals surface area contributed by atoms with E-state index in [2.05, 4.69) is 61.0 Å². The number of carbonyl (C=O) groups excluding carboxylic acids is 1. The molecular formula is C21H25N3OS. The average molecular weight is 368 g/mol. The van der Waals surface area contributed by atoms with Gasteiger partial charge in [-0.15, -0.1) is 11.8 Å². The number of fused-ring (bicyclic) bond motifs is 1. The molecule has 26 heavy (non-hydrogen) atoms. The lowest BCUT2D eigenvalue weighted by atomic mass is 10.2. The number of para-hydroxylation sites is 2. The molecule has 1 heterocycles. The number of aromatic nitrogens is 2. The highest BCUT2D eigenvalue weighted by atomic mass is 32.2. The average Bonchev–Trinajstić information content (AvgIpc) is 3.01. The summed E-state index contributed by atoms with van der Waals surface area (Å²) in [7, 11) is 0. The molecule has 3 rings (SSSR count). The predicted octanol–water partition coefficient (Wildman–Crippen LogP) is 4.90. The Hall–Kier alpha value is -2.27. The second-order valence-electron chi connectivity index (χ2n) is 6.81. The Kier molecular flexibility index (Phi) is 5.67. The SMILES string of the molecule is Cc1ccc(SCC(=O)N[C@H](C)c2nc3ccccc3n2C(C)C)cc1. The van der Waals surface area contributed by atoms with Gasteiger partial charge in [0.25, 0.3) is 0 Å². The van der Waals surface area contributed by atoms with Crippen molar-refractivity contribution < 1.29 is 4.79 Å². The minimum absolute atomic E-state index is 0.0189. The summed E-state index contributed by atoms with van der Waals surface area (Å²) in [4.78, 5) is 18.3. The summed E-state index contributed by atoms with van der Waals surface area (Å²) in [5.74, 6) is 1.32. The molecule has 5 heteroatoms. The van der Waals surface area contributed by atoms with Crippen LogP contribution in [0.5, 0.6) is 0 Å². The van der Waals surface area contributed by atoms with Crippen molar-refractivity contribution in [3.05, 3.63) is 59.9 Å². The molecule has 1 amide bonds. The van der Waals surface area contributed by atoms with E-state index in [1.165, 1.54) is 5.56 Å². The second kappa shape index (κ2) is 7.96. The Balaban J connectivity index is 1.70. The van der Waals surface area contributed by atoms with Crippen LogP contribution in [0, 0.1) is 6.92 Å². The van der Waals surface area contributed by atoms with E-state index >= 15 is 0 Å². The van der Waals surface area contributed by atoms with E-state index in [-0.39, 0.29) is 18.0 Å². The van der Waals surface area contributed by atoms with Crippen molar-refractivity contribution in [3.63, 3.8) is 0 Å². The number of rotatable bonds is 6. The van der Waals surface area contributed by atoms with Crippen LogP contribution >= 0.6 is 11.8 Å². The highest BCUT2D eigenvalue weighted by molar-refractivity contribution is 8.00. The van der Waals surface area contributed by atoms with Crippen molar-refractivity contribution >= 4 is 28.7 Å². The van der Waals surface area contributed by atoms with Crippen molar-refractivity contribution in [1.29, 1.82) is 0 Å². The number of nitrogens with one attached hydrogen (secondary N) is 1. The fourth-order valence-corrected chi connectivity index (χ4v) is 3.75. The molecule has 136 valence electrons. The lowest BCUT2D eigenvalue weighted by Crippen LogP contribution is -2.30. The van der Waals surface area contributed by atoms with Gasteiger partial charge in [0.1, 0.15) is 5.82 Å². The Morgan fingerprint density at radius 3 is 2.50 bits per heavy atom. The van der Waals surface area contributed by atoms with Crippen LogP contribution in [0.4, 0.5) is 0 Å². The monoisotopic (exact) mass is 367 g/mol. The highest BCUT2D eigenvalue weighted by Gasteiger charge is 2.19.